The molecule has 0 saturated carbocycles. The number of carbonyl (C=O) groups excluding carboxylic acids is 1. The molecule has 0 aliphatic heterocycles. The highest BCUT2D eigenvalue weighted by Gasteiger charge is 2.16. The van der Waals surface area contributed by atoms with Gasteiger partial charge in [-0.25, -0.2) is 4.79 Å². The molecule has 1 atom stereocenters. The Kier molecular flexibility index (Phi) is 6.35. The normalized spacial score (nSPS) is 12.5. The SMILES string of the molecule is COC(=O)c1ccc(COCC(C#N)NC(C)(C)C)cc1. The van der Waals surface area contributed by atoms with Gasteiger partial charge in [-0.2, -0.15) is 5.26 Å². The van der Waals surface area contributed by atoms with Gasteiger partial charge in [-0.3, -0.25) is 5.32 Å². The Bertz CT molecular complexity index is 498. The lowest BCUT2D eigenvalue weighted by Gasteiger charge is -2.24. The summed E-state index contributed by atoms with van der Waals surface area (Å²) in [5, 5.41) is 12.2. The Morgan fingerprint density at radius 3 is 2.43 bits per heavy atom. The number of esters is 1. The van der Waals surface area contributed by atoms with Gasteiger partial charge < -0.3 is 9.47 Å². The van der Waals surface area contributed by atoms with E-state index in [0.29, 0.717) is 18.8 Å². The van der Waals surface area contributed by atoms with E-state index < -0.39 is 0 Å². The van der Waals surface area contributed by atoms with E-state index in [2.05, 4.69) is 16.1 Å². The van der Waals surface area contributed by atoms with Crippen molar-refractivity contribution in [1.82, 2.24) is 5.32 Å². The van der Waals surface area contributed by atoms with Crippen molar-refractivity contribution in [2.24, 2.45) is 0 Å². The fourth-order valence-electron chi connectivity index (χ4n) is 1.78. The Labute approximate surface area is 125 Å². The fraction of sp³-hybridized carbons (Fsp3) is 0.500. The lowest BCUT2D eigenvalue weighted by molar-refractivity contribution is 0.0600. The van der Waals surface area contributed by atoms with E-state index in [1.54, 1.807) is 12.1 Å². The zero-order valence-corrected chi connectivity index (χ0v) is 13.0. The first-order valence-electron chi connectivity index (χ1n) is 6.78. The maximum absolute atomic E-state index is 11.3. The van der Waals surface area contributed by atoms with E-state index in [-0.39, 0.29) is 17.6 Å². The van der Waals surface area contributed by atoms with Crippen LogP contribution in [0.25, 0.3) is 0 Å². The van der Waals surface area contributed by atoms with Crippen LogP contribution in [0.5, 0.6) is 0 Å². The Balaban J connectivity index is 2.45. The summed E-state index contributed by atoms with van der Waals surface area (Å²) in [6.45, 7) is 6.71. The Hall–Kier alpha value is -1.90. The molecule has 0 spiro atoms. The first-order valence-corrected chi connectivity index (χ1v) is 6.78. The van der Waals surface area contributed by atoms with Crippen LogP contribution in [0.2, 0.25) is 0 Å². The lowest BCUT2D eigenvalue weighted by Crippen LogP contribution is -2.45. The Morgan fingerprint density at radius 1 is 1.33 bits per heavy atom. The quantitative estimate of drug-likeness (QED) is 0.814. The predicted molar refractivity (Wildman–Crippen MR) is 79.7 cm³/mol. The van der Waals surface area contributed by atoms with Crippen molar-refractivity contribution in [2.75, 3.05) is 13.7 Å². The average molecular weight is 290 g/mol. The van der Waals surface area contributed by atoms with Gasteiger partial charge in [0.15, 0.2) is 0 Å². The summed E-state index contributed by atoms with van der Waals surface area (Å²) in [6, 6.07) is 8.84. The molecule has 1 aromatic carbocycles. The van der Waals surface area contributed by atoms with Gasteiger partial charge in [0.1, 0.15) is 6.04 Å². The second kappa shape index (κ2) is 7.77. The molecule has 0 aliphatic carbocycles. The van der Waals surface area contributed by atoms with Crippen molar-refractivity contribution in [3.8, 4) is 6.07 Å². The lowest BCUT2D eigenvalue weighted by atomic mass is 10.1. The van der Waals surface area contributed by atoms with E-state index >= 15 is 0 Å². The topological polar surface area (TPSA) is 71.3 Å². The van der Waals surface area contributed by atoms with Gasteiger partial charge in [0.05, 0.1) is 32.0 Å². The highest BCUT2D eigenvalue weighted by molar-refractivity contribution is 5.89. The van der Waals surface area contributed by atoms with Crippen LogP contribution in [-0.4, -0.2) is 31.3 Å². The van der Waals surface area contributed by atoms with Gasteiger partial charge in [0, 0.05) is 5.54 Å². The summed E-state index contributed by atoms with van der Waals surface area (Å²) in [7, 11) is 1.35. The molecule has 0 aliphatic rings. The molecule has 1 unspecified atom stereocenters. The van der Waals surface area contributed by atoms with Crippen molar-refractivity contribution >= 4 is 5.97 Å². The van der Waals surface area contributed by atoms with Crippen molar-refractivity contribution in [3.05, 3.63) is 35.4 Å². The van der Waals surface area contributed by atoms with Gasteiger partial charge in [-0.05, 0) is 38.5 Å². The summed E-state index contributed by atoms with van der Waals surface area (Å²) in [4.78, 5) is 11.3. The van der Waals surface area contributed by atoms with Gasteiger partial charge in [-0.15, -0.1) is 0 Å². The maximum atomic E-state index is 11.3. The molecule has 1 aromatic rings. The molecule has 0 bridgehead atoms. The molecule has 5 heteroatoms. The van der Waals surface area contributed by atoms with Crippen molar-refractivity contribution in [1.29, 1.82) is 5.26 Å². The highest BCUT2D eigenvalue weighted by atomic mass is 16.5. The minimum Gasteiger partial charge on any atom is -0.465 e. The van der Waals surface area contributed by atoms with Crippen LogP contribution in [0.4, 0.5) is 0 Å². The second-order valence-corrected chi connectivity index (χ2v) is 5.78. The molecule has 0 amide bonds. The number of nitrogens with one attached hydrogen (secondary N) is 1. The molecule has 1 N–H and O–H groups in total. The number of benzene rings is 1. The first kappa shape index (κ1) is 17.2. The number of nitrogens with zero attached hydrogens (tertiary/aromatic N) is 1. The van der Waals surface area contributed by atoms with Crippen molar-refractivity contribution in [3.63, 3.8) is 0 Å². The number of methoxy groups -OCH3 is 1. The molecule has 0 radical (unpaired) electrons. The van der Waals surface area contributed by atoms with Crippen LogP contribution in [0, 0.1) is 11.3 Å². The smallest absolute Gasteiger partial charge is 0.337 e. The van der Waals surface area contributed by atoms with Gasteiger partial charge >= 0.3 is 5.97 Å². The van der Waals surface area contributed by atoms with Gasteiger partial charge in [-0.1, -0.05) is 12.1 Å². The Morgan fingerprint density at radius 2 is 1.95 bits per heavy atom. The van der Waals surface area contributed by atoms with E-state index in [9.17, 15) is 4.79 Å². The van der Waals surface area contributed by atoms with Crippen molar-refractivity contribution < 1.29 is 14.3 Å². The third-order valence-electron chi connectivity index (χ3n) is 2.69. The molecule has 5 nitrogen and oxygen atoms in total. The van der Waals surface area contributed by atoms with E-state index in [4.69, 9.17) is 10.00 Å². The number of rotatable bonds is 6. The maximum Gasteiger partial charge on any atom is 0.337 e. The van der Waals surface area contributed by atoms with Crippen molar-refractivity contribution in [2.45, 2.75) is 39.0 Å². The zero-order chi connectivity index (χ0) is 15.9. The predicted octanol–water partition coefficient (Wildman–Crippen LogP) is 2.27. The van der Waals surface area contributed by atoms with E-state index in [0.717, 1.165) is 5.56 Å². The number of ether oxygens (including phenoxy) is 2. The molecule has 0 saturated heterocycles. The first-order chi connectivity index (χ1) is 9.85. The summed E-state index contributed by atoms with van der Waals surface area (Å²) in [6.07, 6.45) is 0. The van der Waals surface area contributed by atoms with E-state index in [1.807, 2.05) is 32.9 Å². The average Bonchev–Trinajstić information content (AvgIpc) is 2.44. The molecule has 0 heterocycles. The molecule has 1 rings (SSSR count). The third-order valence-corrected chi connectivity index (χ3v) is 2.69. The number of hydrogen-bond acceptors (Lipinski definition) is 5. The van der Waals surface area contributed by atoms with Crippen LogP contribution in [0.15, 0.2) is 24.3 Å². The van der Waals surface area contributed by atoms with Crippen LogP contribution in [0.3, 0.4) is 0 Å². The largest absolute Gasteiger partial charge is 0.465 e. The van der Waals surface area contributed by atoms with Crippen LogP contribution in [-0.2, 0) is 16.1 Å². The molecule has 114 valence electrons. The summed E-state index contributed by atoms with van der Waals surface area (Å²) in [5.41, 5.74) is 1.31. The molecular weight excluding hydrogens is 268 g/mol. The highest BCUT2D eigenvalue weighted by Crippen LogP contribution is 2.08. The minimum absolute atomic E-state index is 0.133. The van der Waals surface area contributed by atoms with E-state index in [1.165, 1.54) is 7.11 Å². The molecule has 21 heavy (non-hydrogen) atoms. The second-order valence-electron chi connectivity index (χ2n) is 5.78. The van der Waals surface area contributed by atoms with Crippen LogP contribution >= 0.6 is 0 Å². The number of carbonyl (C=O) groups is 1. The summed E-state index contributed by atoms with van der Waals surface area (Å²) >= 11 is 0. The zero-order valence-electron chi connectivity index (χ0n) is 13.0. The standard InChI is InChI=1S/C16H22N2O3/c1-16(2,3)18-14(9-17)11-21-10-12-5-7-13(8-6-12)15(19)20-4/h5-8,14,18H,10-11H2,1-4H3. The molecular formula is C16H22N2O3. The molecule has 0 fully saturated rings. The third kappa shape index (κ3) is 6.39. The minimum atomic E-state index is -0.360. The molecule has 0 aromatic heterocycles. The fourth-order valence-corrected chi connectivity index (χ4v) is 1.78. The summed E-state index contributed by atoms with van der Waals surface area (Å²) < 4.78 is 10.2. The number of nitriles is 1. The monoisotopic (exact) mass is 290 g/mol. The number of hydrogen-bond donors (Lipinski definition) is 1. The van der Waals surface area contributed by atoms with Gasteiger partial charge in [0.25, 0.3) is 0 Å². The van der Waals surface area contributed by atoms with Crippen LogP contribution in [0.1, 0.15) is 36.7 Å². The van der Waals surface area contributed by atoms with Gasteiger partial charge in [0.2, 0.25) is 0 Å². The van der Waals surface area contributed by atoms with Crippen LogP contribution < -0.4 is 5.32 Å². The summed E-state index contributed by atoms with van der Waals surface area (Å²) in [5.74, 6) is -0.360.